The van der Waals surface area contributed by atoms with E-state index in [0.29, 0.717) is 25.7 Å². The molecule has 1 aromatic carbocycles. The highest BCUT2D eigenvalue weighted by Gasteiger charge is 2.54. The highest BCUT2D eigenvalue weighted by molar-refractivity contribution is 6.08. The lowest BCUT2D eigenvalue weighted by Crippen LogP contribution is -2.65. The molecule has 1 aromatic rings. The van der Waals surface area contributed by atoms with Crippen LogP contribution in [0.5, 0.6) is 5.75 Å². The molecule has 2 saturated heterocycles. The molecule has 4 rings (SSSR count). The average Bonchev–Trinajstić information content (AvgIpc) is 3.25. The number of anilines is 1. The van der Waals surface area contributed by atoms with E-state index in [9.17, 15) is 9.59 Å². The lowest BCUT2D eigenvalue weighted by Gasteiger charge is -2.40. The summed E-state index contributed by atoms with van der Waals surface area (Å²) < 4.78 is 10.5. The van der Waals surface area contributed by atoms with Crippen molar-refractivity contribution in [2.75, 3.05) is 52.4 Å². The maximum Gasteiger partial charge on any atom is 0.328 e. The standard InChI is InChI=1S/C18H23N5O4/c1-20-15-14(16(24)23(18(20)25)10-11-26-2)22-9-8-21(17(22)19-15)12-6-4-5-7-13(12)27-3/h4-7,14-15H,8-11H2,1-3H3. The number of methoxy groups -OCH3 is 2. The first-order valence-corrected chi connectivity index (χ1v) is 8.90. The molecule has 3 heterocycles. The Morgan fingerprint density at radius 3 is 2.70 bits per heavy atom. The maximum atomic E-state index is 13.0. The van der Waals surface area contributed by atoms with E-state index in [-0.39, 0.29) is 18.5 Å². The molecule has 2 unspecified atom stereocenters. The second-order valence-electron chi connectivity index (χ2n) is 6.68. The van der Waals surface area contributed by atoms with Crippen molar-refractivity contribution < 1.29 is 19.1 Å². The third kappa shape index (κ3) is 2.61. The number of guanidine groups is 1. The van der Waals surface area contributed by atoms with Gasteiger partial charge in [-0.2, -0.15) is 0 Å². The first-order chi connectivity index (χ1) is 13.1. The molecule has 9 heteroatoms. The molecule has 2 fully saturated rings. The molecule has 2 atom stereocenters. The van der Waals surface area contributed by atoms with Gasteiger partial charge in [0, 0.05) is 27.2 Å². The molecule has 144 valence electrons. The van der Waals surface area contributed by atoms with Crippen LogP contribution in [-0.4, -0.2) is 92.3 Å². The van der Waals surface area contributed by atoms with Gasteiger partial charge in [0.15, 0.2) is 12.2 Å². The molecular formula is C18H23N5O4. The third-order valence-electron chi connectivity index (χ3n) is 5.27. The van der Waals surface area contributed by atoms with Crippen molar-refractivity contribution in [2.24, 2.45) is 4.99 Å². The van der Waals surface area contributed by atoms with Gasteiger partial charge < -0.3 is 24.2 Å². The molecule has 3 aliphatic heterocycles. The minimum atomic E-state index is -0.517. The number of amides is 3. The first-order valence-electron chi connectivity index (χ1n) is 8.90. The van der Waals surface area contributed by atoms with E-state index in [0.717, 1.165) is 11.4 Å². The molecule has 0 saturated carbocycles. The molecule has 3 aliphatic rings. The number of hydrogen-bond acceptors (Lipinski definition) is 7. The van der Waals surface area contributed by atoms with Gasteiger partial charge in [-0.3, -0.25) is 9.69 Å². The van der Waals surface area contributed by atoms with Crippen molar-refractivity contribution in [3.8, 4) is 5.75 Å². The van der Waals surface area contributed by atoms with Crippen LogP contribution >= 0.6 is 0 Å². The Labute approximate surface area is 157 Å². The summed E-state index contributed by atoms with van der Waals surface area (Å²) in [5.74, 6) is 1.23. The number of hydrogen-bond donors (Lipinski definition) is 0. The van der Waals surface area contributed by atoms with Crippen LogP contribution in [0.2, 0.25) is 0 Å². The molecule has 0 aromatic heterocycles. The molecular weight excluding hydrogens is 350 g/mol. The van der Waals surface area contributed by atoms with Crippen molar-refractivity contribution in [1.29, 1.82) is 0 Å². The fourth-order valence-corrected chi connectivity index (χ4v) is 3.91. The topological polar surface area (TPSA) is 77.9 Å². The van der Waals surface area contributed by atoms with Crippen molar-refractivity contribution in [3.63, 3.8) is 0 Å². The third-order valence-corrected chi connectivity index (χ3v) is 5.27. The normalized spacial score (nSPS) is 24.3. The highest BCUT2D eigenvalue weighted by atomic mass is 16.5. The number of carbonyl (C=O) groups is 2. The lowest BCUT2D eigenvalue weighted by atomic mass is 10.1. The molecule has 3 amide bonds. The van der Waals surface area contributed by atoms with Crippen molar-refractivity contribution in [2.45, 2.75) is 12.2 Å². The largest absolute Gasteiger partial charge is 0.495 e. The Morgan fingerprint density at radius 2 is 1.96 bits per heavy atom. The summed E-state index contributed by atoms with van der Waals surface area (Å²) in [7, 11) is 4.87. The van der Waals surface area contributed by atoms with Crippen LogP contribution in [0.3, 0.4) is 0 Å². The number of urea groups is 1. The van der Waals surface area contributed by atoms with Crippen LogP contribution in [0.4, 0.5) is 10.5 Å². The van der Waals surface area contributed by atoms with Gasteiger partial charge >= 0.3 is 6.03 Å². The second-order valence-corrected chi connectivity index (χ2v) is 6.68. The Morgan fingerprint density at radius 1 is 1.19 bits per heavy atom. The number of imide groups is 1. The summed E-state index contributed by atoms with van der Waals surface area (Å²) in [6.45, 7) is 1.90. The SMILES string of the molecule is COCCN1C(=O)C2C(N=C3N(c4ccccc4OC)CCN32)N(C)C1=O. The van der Waals surface area contributed by atoms with E-state index in [1.807, 2.05) is 34.1 Å². The Balaban J connectivity index is 1.66. The van der Waals surface area contributed by atoms with Gasteiger partial charge in [0.1, 0.15) is 5.75 Å². The molecule has 0 spiro atoms. The molecule has 27 heavy (non-hydrogen) atoms. The molecule has 0 N–H and O–H groups in total. The molecule has 0 bridgehead atoms. The Bertz CT molecular complexity index is 798. The van der Waals surface area contributed by atoms with Gasteiger partial charge in [0.2, 0.25) is 5.96 Å². The molecule has 0 radical (unpaired) electrons. The van der Waals surface area contributed by atoms with E-state index >= 15 is 0 Å². The van der Waals surface area contributed by atoms with Gasteiger partial charge in [-0.1, -0.05) is 12.1 Å². The molecule has 9 nitrogen and oxygen atoms in total. The summed E-state index contributed by atoms with van der Waals surface area (Å²) >= 11 is 0. The predicted octanol–water partition coefficient (Wildman–Crippen LogP) is 0.422. The van der Waals surface area contributed by atoms with Crippen LogP contribution in [0.15, 0.2) is 29.3 Å². The van der Waals surface area contributed by atoms with Gasteiger partial charge in [-0.25, -0.2) is 9.79 Å². The average molecular weight is 373 g/mol. The number of carbonyl (C=O) groups excluding carboxylic acids is 2. The van der Waals surface area contributed by atoms with E-state index < -0.39 is 12.2 Å². The molecule has 0 aliphatic carbocycles. The maximum absolute atomic E-state index is 13.0. The lowest BCUT2D eigenvalue weighted by molar-refractivity contribution is -0.137. The van der Waals surface area contributed by atoms with Crippen LogP contribution in [0.1, 0.15) is 0 Å². The number of benzene rings is 1. The number of fused-ring (bicyclic) bond motifs is 3. The van der Waals surface area contributed by atoms with Gasteiger partial charge in [0.05, 0.1) is 25.9 Å². The number of nitrogens with zero attached hydrogens (tertiary/aromatic N) is 5. The van der Waals surface area contributed by atoms with Crippen molar-refractivity contribution in [3.05, 3.63) is 24.3 Å². The van der Waals surface area contributed by atoms with E-state index in [4.69, 9.17) is 14.5 Å². The van der Waals surface area contributed by atoms with Gasteiger partial charge in [0.25, 0.3) is 5.91 Å². The Kier molecular flexibility index (Phi) is 4.39. The zero-order chi connectivity index (χ0) is 19.1. The quantitative estimate of drug-likeness (QED) is 0.745. The number of aliphatic imine (C=N–C) groups is 1. The predicted molar refractivity (Wildman–Crippen MR) is 98.8 cm³/mol. The van der Waals surface area contributed by atoms with Crippen LogP contribution in [0.25, 0.3) is 0 Å². The first kappa shape index (κ1) is 17.6. The van der Waals surface area contributed by atoms with Crippen molar-refractivity contribution >= 4 is 23.6 Å². The monoisotopic (exact) mass is 373 g/mol. The zero-order valence-electron chi connectivity index (χ0n) is 15.7. The fraction of sp³-hybridized carbons (Fsp3) is 0.500. The van der Waals surface area contributed by atoms with E-state index in [1.165, 1.54) is 9.80 Å². The van der Waals surface area contributed by atoms with E-state index in [1.54, 1.807) is 21.3 Å². The number of rotatable bonds is 5. The Hall–Kier alpha value is -2.81. The number of likely N-dealkylation sites (N-methyl/N-ethyl adjacent to an activating group) is 1. The zero-order valence-corrected chi connectivity index (χ0v) is 15.7. The summed E-state index contributed by atoms with van der Waals surface area (Å²) in [5, 5.41) is 0. The van der Waals surface area contributed by atoms with Crippen LogP contribution in [-0.2, 0) is 9.53 Å². The van der Waals surface area contributed by atoms with Gasteiger partial charge in [-0.05, 0) is 12.1 Å². The smallest absolute Gasteiger partial charge is 0.328 e. The van der Waals surface area contributed by atoms with Gasteiger partial charge in [-0.15, -0.1) is 0 Å². The van der Waals surface area contributed by atoms with Crippen LogP contribution in [0, 0.1) is 0 Å². The summed E-state index contributed by atoms with van der Waals surface area (Å²) in [6.07, 6.45) is -0.517. The summed E-state index contributed by atoms with van der Waals surface area (Å²) in [6, 6.07) is 6.88. The summed E-state index contributed by atoms with van der Waals surface area (Å²) in [5.41, 5.74) is 0.901. The van der Waals surface area contributed by atoms with E-state index in [2.05, 4.69) is 0 Å². The fourth-order valence-electron chi connectivity index (χ4n) is 3.91. The van der Waals surface area contributed by atoms with Crippen molar-refractivity contribution in [1.82, 2.24) is 14.7 Å². The number of ether oxygens (including phenoxy) is 2. The second kappa shape index (κ2) is 6.73. The minimum absolute atomic E-state index is 0.222. The summed E-state index contributed by atoms with van der Waals surface area (Å²) in [4.78, 5) is 37.2. The van der Waals surface area contributed by atoms with Crippen LogP contribution < -0.4 is 9.64 Å². The minimum Gasteiger partial charge on any atom is -0.495 e. The highest BCUT2D eigenvalue weighted by Crippen LogP contribution is 2.36. The number of para-hydroxylation sites is 2.